The molecule has 0 fully saturated rings. The third-order valence-electron chi connectivity index (χ3n) is 3.93. The number of amides is 1. The van der Waals surface area contributed by atoms with Gasteiger partial charge in [0.05, 0.1) is 5.41 Å². The number of aliphatic hydroxyl groups excluding tert-OH is 1. The lowest BCUT2D eigenvalue weighted by atomic mass is 9.76. The van der Waals surface area contributed by atoms with E-state index in [1.165, 1.54) is 0 Å². The van der Waals surface area contributed by atoms with Crippen molar-refractivity contribution in [3.8, 4) is 0 Å². The summed E-state index contributed by atoms with van der Waals surface area (Å²) in [6, 6.07) is 7.14. The fraction of sp³-hybridized carbons (Fsp3) is 0.500. The molecule has 21 heavy (non-hydrogen) atoms. The van der Waals surface area contributed by atoms with Gasteiger partial charge in [-0.3, -0.25) is 9.59 Å². The second-order valence-electron chi connectivity index (χ2n) is 5.77. The average molecular weight is 293 g/mol. The van der Waals surface area contributed by atoms with Crippen LogP contribution in [0.4, 0.5) is 5.69 Å². The molecule has 0 saturated carbocycles. The lowest BCUT2D eigenvalue weighted by Gasteiger charge is -2.28. The predicted molar refractivity (Wildman–Crippen MR) is 81.1 cm³/mol. The number of rotatable bonds is 7. The number of nitrogens with one attached hydrogen (secondary N) is 1. The van der Waals surface area contributed by atoms with E-state index >= 15 is 0 Å². The molecule has 5 nitrogen and oxygen atoms in total. The monoisotopic (exact) mass is 293 g/mol. The molecule has 1 atom stereocenters. The summed E-state index contributed by atoms with van der Waals surface area (Å²) < 4.78 is 0. The van der Waals surface area contributed by atoms with Crippen LogP contribution in [0.15, 0.2) is 24.3 Å². The molecule has 1 aromatic rings. The van der Waals surface area contributed by atoms with Crippen molar-refractivity contribution < 1.29 is 19.8 Å². The van der Waals surface area contributed by atoms with Crippen LogP contribution in [0.2, 0.25) is 0 Å². The molecule has 0 aromatic heterocycles. The van der Waals surface area contributed by atoms with Crippen LogP contribution in [0.25, 0.3) is 0 Å². The summed E-state index contributed by atoms with van der Waals surface area (Å²) in [4.78, 5) is 23.4. The Balaban J connectivity index is 2.70. The minimum atomic E-state index is -1.08. The summed E-state index contributed by atoms with van der Waals surface area (Å²) in [5.74, 6) is -1.43. The van der Waals surface area contributed by atoms with E-state index in [1.807, 2.05) is 12.1 Å². The first-order valence-corrected chi connectivity index (χ1v) is 7.02. The van der Waals surface area contributed by atoms with Crippen molar-refractivity contribution in [3.63, 3.8) is 0 Å². The summed E-state index contributed by atoms with van der Waals surface area (Å²) in [7, 11) is 0. The predicted octanol–water partition coefficient (Wildman–Crippen LogP) is 2.30. The van der Waals surface area contributed by atoms with Gasteiger partial charge in [0.2, 0.25) is 5.91 Å². The largest absolute Gasteiger partial charge is 0.481 e. The van der Waals surface area contributed by atoms with Crippen LogP contribution >= 0.6 is 0 Å². The minimum Gasteiger partial charge on any atom is -0.481 e. The quantitative estimate of drug-likeness (QED) is 0.720. The molecule has 1 aromatic carbocycles. The van der Waals surface area contributed by atoms with Gasteiger partial charge in [-0.15, -0.1) is 0 Å². The highest BCUT2D eigenvalue weighted by atomic mass is 16.4. The molecule has 5 heteroatoms. The Morgan fingerprint density at radius 1 is 1.24 bits per heavy atom. The molecule has 116 valence electrons. The van der Waals surface area contributed by atoms with Crippen LogP contribution in [0.5, 0.6) is 0 Å². The zero-order valence-corrected chi connectivity index (χ0v) is 12.7. The van der Waals surface area contributed by atoms with Crippen LogP contribution in [0, 0.1) is 11.3 Å². The molecular formula is C16H23NO4. The van der Waals surface area contributed by atoms with Gasteiger partial charge < -0.3 is 15.5 Å². The molecular weight excluding hydrogens is 270 g/mol. The molecule has 0 saturated heterocycles. The summed E-state index contributed by atoms with van der Waals surface area (Å²) >= 11 is 0. The molecule has 1 rings (SSSR count). The van der Waals surface area contributed by atoms with E-state index in [9.17, 15) is 14.7 Å². The van der Waals surface area contributed by atoms with E-state index in [-0.39, 0.29) is 24.9 Å². The normalized spacial score (nSPS) is 13.8. The SMILES string of the molecule is CC(C)C(C)(CC(=O)Nc1ccc(CCO)cc1)C(=O)O. The molecule has 3 N–H and O–H groups in total. The molecule has 0 bridgehead atoms. The van der Waals surface area contributed by atoms with Gasteiger partial charge in [-0.25, -0.2) is 0 Å². The van der Waals surface area contributed by atoms with Gasteiger partial charge in [0.15, 0.2) is 0 Å². The molecule has 0 aliphatic carbocycles. The number of carboxylic acids is 1. The van der Waals surface area contributed by atoms with Crippen molar-refractivity contribution >= 4 is 17.6 Å². The number of hydrogen-bond acceptors (Lipinski definition) is 3. The van der Waals surface area contributed by atoms with Crippen molar-refractivity contribution in [3.05, 3.63) is 29.8 Å². The van der Waals surface area contributed by atoms with E-state index in [0.717, 1.165) is 5.56 Å². The zero-order valence-electron chi connectivity index (χ0n) is 12.7. The Kier molecular flexibility index (Phi) is 5.90. The zero-order chi connectivity index (χ0) is 16.0. The fourth-order valence-corrected chi connectivity index (χ4v) is 1.95. The topological polar surface area (TPSA) is 86.6 Å². The molecule has 0 aliphatic heterocycles. The summed E-state index contributed by atoms with van der Waals surface area (Å²) in [6.45, 7) is 5.26. The maximum absolute atomic E-state index is 12.0. The van der Waals surface area contributed by atoms with Gasteiger partial charge in [-0.05, 0) is 37.0 Å². The molecule has 0 aliphatic rings. The van der Waals surface area contributed by atoms with Crippen molar-refractivity contribution in [2.24, 2.45) is 11.3 Å². The third-order valence-corrected chi connectivity index (χ3v) is 3.93. The fourth-order valence-electron chi connectivity index (χ4n) is 1.95. The van der Waals surface area contributed by atoms with Gasteiger partial charge in [0, 0.05) is 18.7 Å². The number of aliphatic hydroxyl groups is 1. The number of carbonyl (C=O) groups excluding carboxylic acids is 1. The molecule has 1 amide bonds. The number of carboxylic acid groups (broad SMARTS) is 1. The lowest BCUT2D eigenvalue weighted by molar-refractivity contribution is -0.153. The van der Waals surface area contributed by atoms with Crippen molar-refractivity contribution in [1.82, 2.24) is 0 Å². The van der Waals surface area contributed by atoms with Crippen LogP contribution in [-0.2, 0) is 16.0 Å². The van der Waals surface area contributed by atoms with E-state index in [4.69, 9.17) is 5.11 Å². The highest BCUT2D eigenvalue weighted by Crippen LogP contribution is 2.31. The Labute approximate surface area is 125 Å². The second kappa shape index (κ2) is 7.22. The smallest absolute Gasteiger partial charge is 0.310 e. The second-order valence-corrected chi connectivity index (χ2v) is 5.77. The summed E-state index contributed by atoms with van der Waals surface area (Å²) in [5.41, 5.74) is 0.521. The van der Waals surface area contributed by atoms with Crippen molar-refractivity contribution in [2.75, 3.05) is 11.9 Å². The average Bonchev–Trinajstić information content (AvgIpc) is 2.40. The van der Waals surface area contributed by atoms with Crippen LogP contribution in [-0.4, -0.2) is 28.7 Å². The van der Waals surface area contributed by atoms with E-state index < -0.39 is 11.4 Å². The van der Waals surface area contributed by atoms with E-state index in [1.54, 1.807) is 32.9 Å². The van der Waals surface area contributed by atoms with E-state index in [2.05, 4.69) is 5.32 Å². The van der Waals surface area contributed by atoms with Crippen molar-refractivity contribution in [2.45, 2.75) is 33.6 Å². The molecule has 1 unspecified atom stereocenters. The minimum absolute atomic E-state index is 0.0710. The van der Waals surface area contributed by atoms with Gasteiger partial charge in [-0.2, -0.15) is 0 Å². The summed E-state index contributed by atoms with van der Waals surface area (Å²) in [5, 5.41) is 20.9. The maximum atomic E-state index is 12.0. The van der Waals surface area contributed by atoms with Crippen molar-refractivity contribution in [1.29, 1.82) is 0 Å². The number of carbonyl (C=O) groups is 2. The Morgan fingerprint density at radius 2 is 1.81 bits per heavy atom. The Hall–Kier alpha value is -1.88. The van der Waals surface area contributed by atoms with Crippen LogP contribution < -0.4 is 5.32 Å². The van der Waals surface area contributed by atoms with Gasteiger partial charge in [0.1, 0.15) is 0 Å². The first-order chi connectivity index (χ1) is 9.79. The van der Waals surface area contributed by atoms with E-state index in [0.29, 0.717) is 12.1 Å². The Morgan fingerprint density at radius 3 is 2.24 bits per heavy atom. The number of anilines is 1. The first-order valence-electron chi connectivity index (χ1n) is 7.02. The number of benzene rings is 1. The van der Waals surface area contributed by atoms with Crippen LogP contribution in [0.1, 0.15) is 32.8 Å². The lowest BCUT2D eigenvalue weighted by Crippen LogP contribution is -2.37. The highest BCUT2D eigenvalue weighted by Gasteiger charge is 2.38. The molecule has 0 spiro atoms. The standard InChI is InChI=1S/C16H23NO4/c1-11(2)16(3,15(20)21)10-14(19)17-13-6-4-12(5-7-13)8-9-18/h4-7,11,18H,8-10H2,1-3H3,(H,17,19)(H,20,21). The third kappa shape index (κ3) is 4.56. The maximum Gasteiger partial charge on any atom is 0.310 e. The number of hydrogen-bond donors (Lipinski definition) is 3. The van der Waals surface area contributed by atoms with Gasteiger partial charge in [-0.1, -0.05) is 26.0 Å². The highest BCUT2D eigenvalue weighted by molar-refractivity contribution is 5.94. The van der Waals surface area contributed by atoms with Gasteiger partial charge in [0.25, 0.3) is 0 Å². The van der Waals surface area contributed by atoms with Crippen LogP contribution in [0.3, 0.4) is 0 Å². The first kappa shape index (κ1) is 17.2. The Bertz CT molecular complexity index is 496. The molecule has 0 heterocycles. The summed E-state index contributed by atoms with van der Waals surface area (Å²) in [6.07, 6.45) is 0.497. The number of aliphatic carboxylic acids is 1. The van der Waals surface area contributed by atoms with Gasteiger partial charge >= 0.3 is 5.97 Å². The molecule has 0 radical (unpaired) electrons.